The van der Waals surface area contributed by atoms with Crippen LogP contribution in [0.15, 0.2) is 24.5 Å². The van der Waals surface area contributed by atoms with Crippen molar-refractivity contribution < 1.29 is 18.3 Å². The predicted octanol–water partition coefficient (Wildman–Crippen LogP) is 2.41. The van der Waals surface area contributed by atoms with Crippen molar-refractivity contribution in [2.24, 2.45) is 0 Å². The fourth-order valence-electron chi connectivity index (χ4n) is 1.56. The number of hydrogen-bond donors (Lipinski definition) is 1. The summed E-state index contributed by atoms with van der Waals surface area (Å²) in [6.45, 7) is 1.48. The number of alkyl halides is 3. The lowest BCUT2D eigenvalue weighted by Crippen LogP contribution is -2.08. The van der Waals surface area contributed by atoms with Crippen LogP contribution in [0.1, 0.15) is 24.3 Å². The lowest BCUT2D eigenvalue weighted by Gasteiger charge is -2.09. The molecule has 2 aromatic rings. The van der Waals surface area contributed by atoms with Crippen molar-refractivity contribution in [3.8, 4) is 0 Å². The number of halogens is 3. The highest BCUT2D eigenvalue weighted by atomic mass is 19.4. The molecule has 1 N–H and O–H groups in total. The molecule has 0 spiro atoms. The van der Waals surface area contributed by atoms with Gasteiger partial charge in [0.05, 0.1) is 23.6 Å². The summed E-state index contributed by atoms with van der Waals surface area (Å²) in [5.74, 6) is 0. The van der Waals surface area contributed by atoms with Crippen molar-refractivity contribution in [2.45, 2.75) is 19.2 Å². The smallest absolute Gasteiger partial charge is 0.387 e. The number of hydrogen-bond acceptors (Lipinski definition) is 2. The SMILES string of the molecule is CC(O)c1cnc2c(C(F)(F)F)cccn12. The average molecular weight is 230 g/mol. The quantitative estimate of drug-likeness (QED) is 0.816. The minimum absolute atomic E-state index is 0.189. The van der Waals surface area contributed by atoms with Gasteiger partial charge >= 0.3 is 6.18 Å². The minimum Gasteiger partial charge on any atom is -0.387 e. The molecular weight excluding hydrogens is 221 g/mol. The Labute approximate surface area is 89.2 Å². The molecule has 0 aliphatic heterocycles. The van der Waals surface area contributed by atoms with Crippen LogP contribution in [-0.2, 0) is 6.18 Å². The van der Waals surface area contributed by atoms with Crippen LogP contribution in [0.25, 0.3) is 5.65 Å². The van der Waals surface area contributed by atoms with E-state index in [0.717, 1.165) is 6.07 Å². The van der Waals surface area contributed by atoms with Gasteiger partial charge in [0.25, 0.3) is 0 Å². The van der Waals surface area contributed by atoms with E-state index < -0.39 is 17.8 Å². The summed E-state index contributed by atoms with van der Waals surface area (Å²) >= 11 is 0. The molecule has 0 fully saturated rings. The van der Waals surface area contributed by atoms with E-state index in [1.54, 1.807) is 0 Å². The van der Waals surface area contributed by atoms with Crippen molar-refractivity contribution in [1.82, 2.24) is 9.38 Å². The molecule has 6 heteroatoms. The van der Waals surface area contributed by atoms with E-state index in [4.69, 9.17) is 0 Å². The topological polar surface area (TPSA) is 37.5 Å². The summed E-state index contributed by atoms with van der Waals surface area (Å²) in [5, 5.41) is 9.36. The van der Waals surface area contributed by atoms with Gasteiger partial charge in [0.1, 0.15) is 5.65 Å². The largest absolute Gasteiger partial charge is 0.419 e. The Morgan fingerprint density at radius 1 is 1.44 bits per heavy atom. The van der Waals surface area contributed by atoms with Gasteiger partial charge in [0, 0.05) is 6.20 Å². The molecule has 3 nitrogen and oxygen atoms in total. The van der Waals surface area contributed by atoms with Crippen LogP contribution in [0.3, 0.4) is 0 Å². The van der Waals surface area contributed by atoms with Crippen molar-refractivity contribution in [2.75, 3.05) is 0 Å². The minimum atomic E-state index is -4.44. The highest BCUT2D eigenvalue weighted by Gasteiger charge is 2.34. The molecule has 0 aliphatic carbocycles. The number of aliphatic hydroxyl groups excluding tert-OH is 1. The lowest BCUT2D eigenvalue weighted by molar-refractivity contribution is -0.136. The second-order valence-corrected chi connectivity index (χ2v) is 3.47. The number of fused-ring (bicyclic) bond motifs is 1. The third kappa shape index (κ3) is 1.65. The Hall–Kier alpha value is -1.56. The molecule has 0 aliphatic rings. The van der Waals surface area contributed by atoms with Gasteiger partial charge in [-0.05, 0) is 19.1 Å². The van der Waals surface area contributed by atoms with Gasteiger partial charge in [-0.15, -0.1) is 0 Å². The molecule has 0 amide bonds. The maximum absolute atomic E-state index is 12.6. The normalized spacial score (nSPS) is 14.3. The van der Waals surface area contributed by atoms with E-state index in [-0.39, 0.29) is 5.65 Å². The Kier molecular flexibility index (Phi) is 2.38. The Bertz CT molecular complexity index is 516. The van der Waals surface area contributed by atoms with E-state index in [0.29, 0.717) is 5.69 Å². The first kappa shape index (κ1) is 10.9. The summed E-state index contributed by atoms with van der Waals surface area (Å²) in [6.07, 6.45) is -2.61. The van der Waals surface area contributed by atoms with E-state index in [1.807, 2.05) is 0 Å². The zero-order valence-electron chi connectivity index (χ0n) is 8.36. The molecule has 2 rings (SSSR count). The molecule has 0 saturated heterocycles. The van der Waals surface area contributed by atoms with Gasteiger partial charge in [-0.25, -0.2) is 4.98 Å². The van der Waals surface area contributed by atoms with Gasteiger partial charge in [-0.2, -0.15) is 13.2 Å². The number of imidazole rings is 1. The van der Waals surface area contributed by atoms with Gasteiger partial charge in [0.15, 0.2) is 0 Å². The monoisotopic (exact) mass is 230 g/mol. The zero-order valence-corrected chi connectivity index (χ0v) is 8.36. The summed E-state index contributed by atoms with van der Waals surface area (Å²) in [7, 11) is 0. The van der Waals surface area contributed by atoms with Crippen molar-refractivity contribution in [3.63, 3.8) is 0 Å². The molecule has 2 aromatic heterocycles. The average Bonchev–Trinajstić information content (AvgIpc) is 2.58. The molecule has 1 unspecified atom stereocenters. The molecular formula is C10H9F3N2O. The van der Waals surface area contributed by atoms with E-state index in [1.165, 1.54) is 29.8 Å². The van der Waals surface area contributed by atoms with Crippen LogP contribution in [0.2, 0.25) is 0 Å². The third-order valence-electron chi connectivity index (χ3n) is 2.30. The number of rotatable bonds is 1. The van der Waals surface area contributed by atoms with E-state index in [9.17, 15) is 18.3 Å². The maximum Gasteiger partial charge on any atom is 0.419 e. The van der Waals surface area contributed by atoms with E-state index in [2.05, 4.69) is 4.98 Å². The van der Waals surface area contributed by atoms with Crippen molar-refractivity contribution >= 4 is 5.65 Å². The van der Waals surface area contributed by atoms with Crippen LogP contribution in [-0.4, -0.2) is 14.5 Å². The van der Waals surface area contributed by atoms with Crippen molar-refractivity contribution in [1.29, 1.82) is 0 Å². The Morgan fingerprint density at radius 2 is 2.12 bits per heavy atom. The van der Waals surface area contributed by atoms with Gasteiger partial charge in [-0.1, -0.05) is 0 Å². The van der Waals surface area contributed by atoms with Gasteiger partial charge in [0.2, 0.25) is 0 Å². The molecule has 2 heterocycles. The summed E-state index contributed by atoms with van der Waals surface area (Å²) in [5.41, 5.74) is -0.658. The molecule has 0 bridgehead atoms. The second-order valence-electron chi connectivity index (χ2n) is 3.47. The van der Waals surface area contributed by atoms with Crippen LogP contribution < -0.4 is 0 Å². The Balaban J connectivity index is 2.72. The summed E-state index contributed by atoms with van der Waals surface area (Å²) < 4.78 is 39.1. The highest BCUT2D eigenvalue weighted by Crippen LogP contribution is 2.32. The maximum atomic E-state index is 12.6. The number of nitrogens with zero attached hydrogens (tertiary/aromatic N) is 2. The summed E-state index contributed by atoms with van der Waals surface area (Å²) in [4.78, 5) is 3.69. The van der Waals surface area contributed by atoms with Crippen LogP contribution >= 0.6 is 0 Å². The zero-order chi connectivity index (χ0) is 11.9. The van der Waals surface area contributed by atoms with Crippen LogP contribution in [0.5, 0.6) is 0 Å². The first-order chi connectivity index (χ1) is 7.41. The van der Waals surface area contributed by atoms with Crippen LogP contribution in [0, 0.1) is 0 Å². The number of aliphatic hydroxyl groups is 1. The van der Waals surface area contributed by atoms with Crippen LogP contribution in [0.4, 0.5) is 13.2 Å². The molecule has 86 valence electrons. The fourth-order valence-corrected chi connectivity index (χ4v) is 1.56. The molecule has 0 radical (unpaired) electrons. The molecule has 0 aromatic carbocycles. The first-order valence-electron chi connectivity index (χ1n) is 4.62. The lowest BCUT2D eigenvalue weighted by atomic mass is 10.2. The number of aromatic nitrogens is 2. The fraction of sp³-hybridized carbons (Fsp3) is 0.300. The van der Waals surface area contributed by atoms with Crippen molar-refractivity contribution in [3.05, 3.63) is 35.8 Å². The molecule has 0 saturated carbocycles. The molecule has 1 atom stereocenters. The molecule has 16 heavy (non-hydrogen) atoms. The predicted molar refractivity (Wildman–Crippen MR) is 50.8 cm³/mol. The van der Waals surface area contributed by atoms with Gasteiger partial charge in [-0.3, -0.25) is 0 Å². The number of pyridine rings is 1. The third-order valence-corrected chi connectivity index (χ3v) is 2.30. The Morgan fingerprint density at radius 3 is 2.69 bits per heavy atom. The van der Waals surface area contributed by atoms with Gasteiger partial charge < -0.3 is 9.51 Å². The summed E-state index contributed by atoms with van der Waals surface area (Å²) in [6, 6.07) is 2.25. The van der Waals surface area contributed by atoms with E-state index >= 15 is 0 Å². The first-order valence-corrected chi connectivity index (χ1v) is 4.62. The highest BCUT2D eigenvalue weighted by molar-refractivity contribution is 5.50. The standard InChI is InChI=1S/C10H9F3N2O/c1-6(16)8-5-14-9-7(10(11,12)13)3-2-4-15(8)9/h2-6,16H,1H3. The second kappa shape index (κ2) is 3.48.